The van der Waals surface area contributed by atoms with Crippen LogP contribution in [0.3, 0.4) is 0 Å². The van der Waals surface area contributed by atoms with E-state index in [1.165, 1.54) is 30.3 Å². The molecule has 26 heavy (non-hydrogen) atoms. The Morgan fingerprint density at radius 1 is 0.846 bits per heavy atom. The number of hydrogen-bond donors (Lipinski definition) is 2. The Balaban J connectivity index is 1.81. The van der Waals surface area contributed by atoms with Crippen LogP contribution in [-0.4, -0.2) is 39.3 Å². The van der Waals surface area contributed by atoms with Crippen LogP contribution in [0.2, 0.25) is 0 Å². The van der Waals surface area contributed by atoms with Crippen molar-refractivity contribution in [3.05, 3.63) is 47.5 Å². The Hall–Kier alpha value is -3.62. The Kier molecular flexibility index (Phi) is 3.68. The van der Waals surface area contributed by atoms with Gasteiger partial charge in [0, 0.05) is 0 Å². The highest BCUT2D eigenvalue weighted by Crippen LogP contribution is 2.40. The molecule has 4 rings (SSSR count). The largest absolute Gasteiger partial charge is 0.481 e. The third-order valence-electron chi connectivity index (χ3n) is 4.26. The van der Waals surface area contributed by atoms with Crippen LogP contribution in [0.15, 0.2) is 41.0 Å². The third-order valence-corrected chi connectivity index (χ3v) is 4.26. The Labute approximate surface area is 145 Å². The lowest BCUT2D eigenvalue weighted by atomic mass is 9.81. The molecule has 0 amide bonds. The number of hydrogen-bond acceptors (Lipinski definition) is 7. The summed E-state index contributed by atoms with van der Waals surface area (Å²) in [7, 11) is 0. The monoisotopic (exact) mass is 356 g/mol. The van der Waals surface area contributed by atoms with E-state index in [4.69, 9.17) is 9.47 Å². The molecular weight excluding hydrogens is 344 g/mol. The lowest BCUT2D eigenvalue weighted by molar-refractivity contribution is -0.147. The number of fused-ring (bicyclic) bond motifs is 2. The van der Waals surface area contributed by atoms with Crippen molar-refractivity contribution in [1.82, 2.24) is 10.3 Å². The molecule has 0 saturated carbocycles. The predicted octanol–water partition coefficient (Wildman–Crippen LogP) is 1.99. The summed E-state index contributed by atoms with van der Waals surface area (Å²) in [5.74, 6) is -4.34. The predicted molar refractivity (Wildman–Crippen MR) is 85.1 cm³/mol. The van der Waals surface area contributed by atoms with Gasteiger partial charge in [-0.2, -0.15) is 0 Å². The number of nitrogens with zero attached hydrogens (tertiary/aromatic N) is 2. The minimum absolute atomic E-state index is 0.0364. The number of rotatable bonds is 5. The molecule has 2 atom stereocenters. The number of aliphatic carboxylic acids is 2. The van der Waals surface area contributed by atoms with Gasteiger partial charge in [-0.05, 0) is 45.7 Å². The first kappa shape index (κ1) is 15.9. The molecule has 1 aliphatic rings. The second-order valence-corrected chi connectivity index (χ2v) is 5.76. The van der Waals surface area contributed by atoms with Crippen molar-refractivity contribution in [2.24, 2.45) is 0 Å². The summed E-state index contributed by atoms with van der Waals surface area (Å²) in [5, 5.41) is 26.8. The SMILES string of the molecule is O=C(O)C(c1ccc2c(c1)OCO2)C(C(=O)O)c1ccc2nonc2c1. The van der Waals surface area contributed by atoms with Crippen molar-refractivity contribution in [3.8, 4) is 11.5 Å². The number of benzene rings is 2. The van der Waals surface area contributed by atoms with Gasteiger partial charge < -0.3 is 19.7 Å². The Morgan fingerprint density at radius 2 is 1.46 bits per heavy atom. The molecule has 9 heteroatoms. The molecule has 1 aliphatic heterocycles. The van der Waals surface area contributed by atoms with Crippen LogP contribution in [0.4, 0.5) is 0 Å². The first-order valence-corrected chi connectivity index (χ1v) is 7.62. The summed E-state index contributed by atoms with van der Waals surface area (Å²) >= 11 is 0. The summed E-state index contributed by atoms with van der Waals surface area (Å²) in [6, 6.07) is 9.10. The zero-order valence-electron chi connectivity index (χ0n) is 13.2. The van der Waals surface area contributed by atoms with E-state index in [9.17, 15) is 19.8 Å². The Morgan fingerprint density at radius 3 is 2.19 bits per heavy atom. The smallest absolute Gasteiger partial charge is 0.312 e. The van der Waals surface area contributed by atoms with Crippen molar-refractivity contribution in [2.45, 2.75) is 11.8 Å². The molecule has 0 bridgehead atoms. The van der Waals surface area contributed by atoms with E-state index in [1.54, 1.807) is 6.07 Å². The zero-order chi connectivity index (χ0) is 18.3. The van der Waals surface area contributed by atoms with Gasteiger partial charge in [-0.25, -0.2) is 4.63 Å². The first-order valence-electron chi connectivity index (χ1n) is 7.62. The number of ether oxygens (including phenoxy) is 2. The van der Waals surface area contributed by atoms with Gasteiger partial charge in [0.15, 0.2) is 11.5 Å². The van der Waals surface area contributed by atoms with Crippen molar-refractivity contribution in [2.75, 3.05) is 6.79 Å². The van der Waals surface area contributed by atoms with Gasteiger partial charge in [-0.3, -0.25) is 9.59 Å². The number of aromatic nitrogens is 2. The summed E-state index contributed by atoms with van der Waals surface area (Å²) in [4.78, 5) is 23.9. The number of carboxylic acid groups (broad SMARTS) is 2. The van der Waals surface area contributed by atoms with Crippen LogP contribution < -0.4 is 9.47 Å². The van der Waals surface area contributed by atoms with E-state index >= 15 is 0 Å². The van der Waals surface area contributed by atoms with Gasteiger partial charge in [0.05, 0.1) is 11.8 Å². The van der Waals surface area contributed by atoms with Gasteiger partial charge in [-0.15, -0.1) is 0 Å². The molecule has 9 nitrogen and oxygen atoms in total. The van der Waals surface area contributed by atoms with Crippen molar-refractivity contribution in [3.63, 3.8) is 0 Å². The lowest BCUT2D eigenvalue weighted by Crippen LogP contribution is -2.26. The second kappa shape index (κ2) is 6.03. The van der Waals surface area contributed by atoms with Gasteiger partial charge in [0.2, 0.25) is 6.79 Å². The summed E-state index contributed by atoms with van der Waals surface area (Å²) < 4.78 is 15.1. The Bertz CT molecular complexity index is 1010. The molecule has 2 heterocycles. The molecule has 0 saturated heterocycles. The highest BCUT2D eigenvalue weighted by molar-refractivity contribution is 5.89. The highest BCUT2D eigenvalue weighted by atomic mass is 16.7. The molecule has 2 aromatic carbocycles. The summed E-state index contributed by atoms with van der Waals surface area (Å²) in [6.07, 6.45) is 0. The maximum Gasteiger partial charge on any atom is 0.312 e. The molecule has 1 aromatic heterocycles. The average Bonchev–Trinajstić information content (AvgIpc) is 3.26. The van der Waals surface area contributed by atoms with Gasteiger partial charge in [0.1, 0.15) is 11.0 Å². The first-order chi connectivity index (χ1) is 12.5. The van der Waals surface area contributed by atoms with Crippen LogP contribution >= 0.6 is 0 Å². The van der Waals surface area contributed by atoms with Crippen LogP contribution in [0.1, 0.15) is 23.0 Å². The van der Waals surface area contributed by atoms with E-state index in [-0.39, 0.29) is 12.4 Å². The topological polar surface area (TPSA) is 132 Å². The zero-order valence-corrected chi connectivity index (χ0v) is 13.2. The third kappa shape index (κ3) is 2.59. The highest BCUT2D eigenvalue weighted by Gasteiger charge is 2.37. The fourth-order valence-corrected chi connectivity index (χ4v) is 3.05. The maximum atomic E-state index is 12.0. The van der Waals surface area contributed by atoms with E-state index in [0.29, 0.717) is 28.1 Å². The van der Waals surface area contributed by atoms with Gasteiger partial charge >= 0.3 is 11.9 Å². The molecule has 3 aromatic rings. The quantitative estimate of drug-likeness (QED) is 0.704. The van der Waals surface area contributed by atoms with Crippen molar-refractivity contribution < 1.29 is 33.9 Å². The standard InChI is InChI=1S/C17H12N2O7/c20-16(21)14(8-1-3-10-11(5-8)19-26-18-10)15(17(22)23)9-2-4-12-13(6-9)25-7-24-12/h1-6,14-15H,7H2,(H,20,21)(H,22,23). The van der Waals surface area contributed by atoms with Crippen molar-refractivity contribution in [1.29, 1.82) is 0 Å². The maximum absolute atomic E-state index is 12.0. The van der Waals surface area contributed by atoms with Crippen LogP contribution in [0, 0.1) is 0 Å². The lowest BCUT2D eigenvalue weighted by Gasteiger charge is -2.21. The van der Waals surface area contributed by atoms with E-state index < -0.39 is 23.8 Å². The van der Waals surface area contributed by atoms with E-state index in [0.717, 1.165) is 0 Å². The molecule has 0 radical (unpaired) electrons. The number of carboxylic acids is 2. The fourth-order valence-electron chi connectivity index (χ4n) is 3.05. The van der Waals surface area contributed by atoms with Crippen LogP contribution in [0.25, 0.3) is 11.0 Å². The number of carbonyl (C=O) groups is 2. The minimum Gasteiger partial charge on any atom is -0.481 e. The molecule has 0 aliphatic carbocycles. The van der Waals surface area contributed by atoms with Gasteiger partial charge in [-0.1, -0.05) is 12.1 Å². The van der Waals surface area contributed by atoms with E-state index in [1.807, 2.05) is 0 Å². The average molecular weight is 356 g/mol. The molecule has 132 valence electrons. The van der Waals surface area contributed by atoms with Crippen LogP contribution in [0.5, 0.6) is 11.5 Å². The molecule has 2 unspecified atom stereocenters. The normalized spacial score (nSPS) is 14.9. The van der Waals surface area contributed by atoms with Crippen LogP contribution in [-0.2, 0) is 9.59 Å². The summed E-state index contributed by atoms with van der Waals surface area (Å²) in [6.45, 7) is 0.0364. The molecule has 0 spiro atoms. The fraction of sp³-hybridized carbons (Fsp3) is 0.176. The van der Waals surface area contributed by atoms with Gasteiger partial charge in [0.25, 0.3) is 0 Å². The summed E-state index contributed by atoms with van der Waals surface area (Å²) in [5.41, 5.74) is 1.38. The second-order valence-electron chi connectivity index (χ2n) is 5.76. The molecule has 2 N–H and O–H groups in total. The van der Waals surface area contributed by atoms with Crippen molar-refractivity contribution >= 4 is 23.0 Å². The molecule has 0 fully saturated rings. The minimum atomic E-state index is -1.34. The molecular formula is C17H12N2O7. The van der Waals surface area contributed by atoms with E-state index in [2.05, 4.69) is 14.9 Å².